The number of hydrogen-bond donors (Lipinski definition) is 2. The van der Waals surface area contributed by atoms with E-state index in [0.29, 0.717) is 18.3 Å². The number of aromatic nitrogens is 3. The summed E-state index contributed by atoms with van der Waals surface area (Å²) in [7, 11) is 0. The zero-order valence-electron chi connectivity index (χ0n) is 18.1. The lowest BCUT2D eigenvalue weighted by atomic mass is 10.1. The van der Waals surface area contributed by atoms with Crippen molar-refractivity contribution in [2.45, 2.75) is 53.0 Å². The predicted molar refractivity (Wildman–Crippen MR) is 116 cm³/mol. The van der Waals surface area contributed by atoms with Gasteiger partial charge in [-0.1, -0.05) is 36.7 Å². The van der Waals surface area contributed by atoms with Crippen molar-refractivity contribution < 1.29 is 8.94 Å². The Morgan fingerprint density at radius 3 is 2.63 bits per heavy atom. The number of rotatable bonds is 9. The van der Waals surface area contributed by atoms with Gasteiger partial charge >= 0.3 is 0 Å². The van der Waals surface area contributed by atoms with Crippen LogP contribution in [0.4, 0.5) is 0 Å². The Labute approximate surface area is 177 Å². The summed E-state index contributed by atoms with van der Waals surface area (Å²) in [6.45, 7) is 10.2. The molecule has 1 aromatic carbocycles. The standard InChI is InChI=1S/C22H30N6O2/c1-5-23-22(24-12-6-7-19-27-20(15(2)3)28-30-19)25-13-18-14-29-21(26-18)17-10-8-16(4)9-11-17/h8-11,14-15H,5-7,12-13H2,1-4H3,(H2,23,24,25). The fourth-order valence-corrected chi connectivity index (χ4v) is 2.76. The average molecular weight is 411 g/mol. The summed E-state index contributed by atoms with van der Waals surface area (Å²) < 4.78 is 10.9. The van der Waals surface area contributed by atoms with Gasteiger partial charge in [0.15, 0.2) is 11.8 Å². The normalized spacial score (nSPS) is 11.8. The number of nitrogens with zero attached hydrogens (tertiary/aromatic N) is 4. The fraction of sp³-hybridized carbons (Fsp3) is 0.455. The Bertz CT molecular complexity index is 943. The van der Waals surface area contributed by atoms with E-state index in [1.165, 1.54) is 5.56 Å². The van der Waals surface area contributed by atoms with Gasteiger partial charge in [-0.15, -0.1) is 0 Å². The van der Waals surface area contributed by atoms with E-state index in [0.717, 1.165) is 49.0 Å². The predicted octanol–water partition coefficient (Wildman–Crippen LogP) is 3.84. The molecule has 0 saturated heterocycles. The molecule has 0 aliphatic carbocycles. The molecular formula is C22H30N6O2. The van der Waals surface area contributed by atoms with Crippen LogP contribution in [0.25, 0.3) is 11.5 Å². The van der Waals surface area contributed by atoms with Gasteiger partial charge in [-0.25, -0.2) is 9.98 Å². The summed E-state index contributed by atoms with van der Waals surface area (Å²) >= 11 is 0. The van der Waals surface area contributed by atoms with Crippen LogP contribution in [0.3, 0.4) is 0 Å². The second-order valence-electron chi connectivity index (χ2n) is 7.44. The summed E-state index contributed by atoms with van der Waals surface area (Å²) in [5.41, 5.74) is 2.95. The van der Waals surface area contributed by atoms with Crippen LogP contribution in [-0.2, 0) is 13.0 Å². The second kappa shape index (κ2) is 10.6. The molecule has 0 fully saturated rings. The van der Waals surface area contributed by atoms with Crippen molar-refractivity contribution in [3.8, 4) is 11.5 Å². The Balaban J connectivity index is 1.49. The van der Waals surface area contributed by atoms with Crippen molar-refractivity contribution in [2.24, 2.45) is 4.99 Å². The Morgan fingerprint density at radius 2 is 1.93 bits per heavy atom. The van der Waals surface area contributed by atoms with Crippen LogP contribution >= 0.6 is 0 Å². The molecule has 0 atom stereocenters. The number of nitrogens with one attached hydrogen (secondary N) is 2. The van der Waals surface area contributed by atoms with Crippen LogP contribution in [0.2, 0.25) is 0 Å². The van der Waals surface area contributed by atoms with Crippen LogP contribution in [0.5, 0.6) is 0 Å². The molecule has 0 spiro atoms. The molecule has 3 rings (SSSR count). The first-order valence-electron chi connectivity index (χ1n) is 10.4. The largest absolute Gasteiger partial charge is 0.444 e. The third kappa shape index (κ3) is 6.17. The van der Waals surface area contributed by atoms with E-state index in [4.69, 9.17) is 8.94 Å². The van der Waals surface area contributed by atoms with E-state index in [-0.39, 0.29) is 5.92 Å². The van der Waals surface area contributed by atoms with E-state index in [1.807, 2.05) is 45.0 Å². The quantitative estimate of drug-likeness (QED) is 0.314. The lowest BCUT2D eigenvalue weighted by Gasteiger charge is -2.10. The summed E-state index contributed by atoms with van der Waals surface area (Å²) in [6.07, 6.45) is 3.26. The number of aryl methyl sites for hydroxylation is 2. The molecule has 2 N–H and O–H groups in total. The highest BCUT2D eigenvalue weighted by molar-refractivity contribution is 5.79. The SMILES string of the molecule is CCNC(=NCc1coc(-c2ccc(C)cc2)n1)NCCCc1nc(C(C)C)no1. The minimum atomic E-state index is 0.274. The molecule has 0 saturated carbocycles. The van der Waals surface area contributed by atoms with Crippen LogP contribution in [0, 0.1) is 6.92 Å². The topological polar surface area (TPSA) is 101 Å². The molecule has 0 unspecified atom stereocenters. The van der Waals surface area contributed by atoms with Crippen LogP contribution in [-0.4, -0.2) is 34.2 Å². The zero-order chi connectivity index (χ0) is 21.3. The van der Waals surface area contributed by atoms with Gasteiger partial charge in [0.05, 0.1) is 6.54 Å². The van der Waals surface area contributed by atoms with Crippen LogP contribution in [0.15, 0.2) is 44.5 Å². The maximum absolute atomic E-state index is 5.60. The zero-order valence-corrected chi connectivity index (χ0v) is 18.1. The van der Waals surface area contributed by atoms with Crippen molar-refractivity contribution in [2.75, 3.05) is 13.1 Å². The van der Waals surface area contributed by atoms with Crippen molar-refractivity contribution in [3.63, 3.8) is 0 Å². The Hall–Kier alpha value is -3.16. The lowest BCUT2D eigenvalue weighted by molar-refractivity contribution is 0.368. The first-order chi connectivity index (χ1) is 14.5. The van der Waals surface area contributed by atoms with E-state index < -0.39 is 0 Å². The van der Waals surface area contributed by atoms with Gasteiger partial charge in [0.1, 0.15) is 12.0 Å². The van der Waals surface area contributed by atoms with Crippen molar-refractivity contribution in [1.82, 2.24) is 25.8 Å². The number of guanidine groups is 1. The van der Waals surface area contributed by atoms with Gasteiger partial charge in [-0.05, 0) is 32.4 Å². The average Bonchev–Trinajstić information content (AvgIpc) is 3.40. The Morgan fingerprint density at radius 1 is 1.13 bits per heavy atom. The van der Waals surface area contributed by atoms with E-state index in [9.17, 15) is 0 Å². The number of benzene rings is 1. The van der Waals surface area contributed by atoms with Crippen LogP contribution in [0.1, 0.15) is 56.1 Å². The van der Waals surface area contributed by atoms with Crippen LogP contribution < -0.4 is 10.6 Å². The highest BCUT2D eigenvalue weighted by Gasteiger charge is 2.10. The molecule has 0 bridgehead atoms. The highest BCUT2D eigenvalue weighted by atomic mass is 16.5. The molecule has 0 radical (unpaired) electrons. The van der Waals surface area contributed by atoms with Gasteiger partial charge < -0.3 is 19.6 Å². The smallest absolute Gasteiger partial charge is 0.226 e. The van der Waals surface area contributed by atoms with Gasteiger partial charge in [0.2, 0.25) is 11.8 Å². The first-order valence-corrected chi connectivity index (χ1v) is 10.4. The van der Waals surface area contributed by atoms with E-state index >= 15 is 0 Å². The fourth-order valence-electron chi connectivity index (χ4n) is 2.76. The van der Waals surface area contributed by atoms with Gasteiger partial charge in [-0.2, -0.15) is 4.98 Å². The summed E-state index contributed by atoms with van der Waals surface area (Å²) in [6, 6.07) is 8.10. The first kappa shape index (κ1) is 21.5. The molecule has 3 aromatic rings. The second-order valence-corrected chi connectivity index (χ2v) is 7.44. The minimum absolute atomic E-state index is 0.274. The third-order valence-corrected chi connectivity index (χ3v) is 4.45. The molecule has 30 heavy (non-hydrogen) atoms. The number of hydrogen-bond acceptors (Lipinski definition) is 6. The molecule has 0 aliphatic heterocycles. The summed E-state index contributed by atoms with van der Waals surface area (Å²) in [4.78, 5) is 13.5. The molecule has 2 aromatic heterocycles. The lowest BCUT2D eigenvalue weighted by Crippen LogP contribution is -2.37. The molecule has 2 heterocycles. The van der Waals surface area contributed by atoms with Crippen molar-refractivity contribution >= 4 is 5.96 Å². The maximum Gasteiger partial charge on any atom is 0.226 e. The van der Waals surface area contributed by atoms with Crippen molar-refractivity contribution in [1.29, 1.82) is 0 Å². The molecule has 160 valence electrons. The maximum atomic E-state index is 5.60. The molecular weight excluding hydrogens is 380 g/mol. The number of oxazole rings is 1. The van der Waals surface area contributed by atoms with Gasteiger partial charge in [0.25, 0.3) is 0 Å². The minimum Gasteiger partial charge on any atom is -0.444 e. The molecule has 8 heteroatoms. The highest BCUT2D eigenvalue weighted by Crippen LogP contribution is 2.19. The van der Waals surface area contributed by atoms with Gasteiger partial charge in [-0.3, -0.25) is 0 Å². The Kier molecular flexibility index (Phi) is 7.59. The van der Waals surface area contributed by atoms with Gasteiger partial charge in [0, 0.05) is 31.0 Å². The van der Waals surface area contributed by atoms with Crippen molar-refractivity contribution in [3.05, 3.63) is 53.5 Å². The summed E-state index contributed by atoms with van der Waals surface area (Å²) in [5, 5.41) is 10.6. The summed E-state index contributed by atoms with van der Waals surface area (Å²) in [5.74, 6) is 3.06. The molecule has 8 nitrogen and oxygen atoms in total. The molecule has 0 aliphatic rings. The molecule has 0 amide bonds. The van der Waals surface area contributed by atoms with E-state index in [1.54, 1.807) is 6.26 Å². The monoisotopic (exact) mass is 410 g/mol. The third-order valence-electron chi connectivity index (χ3n) is 4.45. The number of aliphatic imine (C=N–C) groups is 1. The van der Waals surface area contributed by atoms with E-state index in [2.05, 4.69) is 37.7 Å².